The van der Waals surface area contributed by atoms with E-state index in [1.807, 2.05) is 91.2 Å². The molecular formula is C30H21Cl3N2OS. The Morgan fingerprint density at radius 2 is 1.49 bits per heavy atom. The lowest BCUT2D eigenvalue weighted by molar-refractivity contribution is -0.111. The van der Waals surface area contributed by atoms with Crippen LogP contribution in [0.5, 0.6) is 0 Å². The number of allylic oxidation sites excluding steroid dienone is 3. The van der Waals surface area contributed by atoms with E-state index in [4.69, 9.17) is 39.8 Å². The van der Waals surface area contributed by atoms with Gasteiger partial charge in [-0.2, -0.15) is 0 Å². The zero-order valence-corrected chi connectivity index (χ0v) is 22.8. The molecule has 0 saturated heterocycles. The summed E-state index contributed by atoms with van der Waals surface area (Å²) in [5.74, 6) is -0.161. The lowest BCUT2D eigenvalue weighted by Gasteiger charge is -2.35. The first kappa shape index (κ1) is 25.6. The number of rotatable bonds is 6. The molecule has 0 aliphatic carbocycles. The second kappa shape index (κ2) is 11.2. The van der Waals surface area contributed by atoms with Crippen LogP contribution in [-0.2, 0) is 4.79 Å². The van der Waals surface area contributed by atoms with Crippen molar-refractivity contribution in [2.45, 2.75) is 13.0 Å². The summed E-state index contributed by atoms with van der Waals surface area (Å²) in [5, 5.41) is 4.68. The van der Waals surface area contributed by atoms with Gasteiger partial charge in [-0.3, -0.25) is 4.79 Å². The highest BCUT2D eigenvalue weighted by atomic mass is 35.5. The lowest BCUT2D eigenvalue weighted by Crippen LogP contribution is -2.35. The molecule has 0 N–H and O–H groups in total. The van der Waals surface area contributed by atoms with Crippen molar-refractivity contribution in [3.63, 3.8) is 0 Å². The molecule has 0 fully saturated rings. The molecule has 7 heteroatoms. The van der Waals surface area contributed by atoms with Crippen LogP contribution in [0.15, 0.2) is 112 Å². The molecule has 2 aliphatic rings. The topological polar surface area (TPSA) is 32.7 Å². The van der Waals surface area contributed by atoms with Gasteiger partial charge in [0.2, 0.25) is 0 Å². The van der Waals surface area contributed by atoms with Gasteiger partial charge in [-0.15, -0.1) is 0 Å². The Labute approximate surface area is 235 Å². The van der Waals surface area contributed by atoms with Crippen molar-refractivity contribution < 1.29 is 4.79 Å². The molecule has 1 atom stereocenters. The molecule has 0 bridgehead atoms. The predicted molar refractivity (Wildman–Crippen MR) is 158 cm³/mol. The van der Waals surface area contributed by atoms with Gasteiger partial charge >= 0.3 is 0 Å². The summed E-state index contributed by atoms with van der Waals surface area (Å²) in [6.45, 7) is 2.02. The van der Waals surface area contributed by atoms with Crippen LogP contribution in [-0.4, -0.2) is 15.9 Å². The number of hydrogen-bond acceptors (Lipinski definition) is 4. The fourth-order valence-corrected chi connectivity index (χ4v) is 5.65. The van der Waals surface area contributed by atoms with E-state index in [0.717, 1.165) is 27.6 Å². The molecule has 5 rings (SSSR count). The van der Waals surface area contributed by atoms with E-state index in [0.29, 0.717) is 26.3 Å². The molecule has 2 aliphatic heterocycles. The molecule has 0 spiro atoms. The first-order valence-electron chi connectivity index (χ1n) is 11.5. The minimum absolute atomic E-state index is 0.161. The third kappa shape index (κ3) is 5.48. The van der Waals surface area contributed by atoms with Crippen LogP contribution in [0.3, 0.4) is 0 Å². The van der Waals surface area contributed by atoms with Gasteiger partial charge in [0.05, 0.1) is 17.3 Å². The SMILES string of the molecule is CC1=CSC2=NC(/C=C/c3ccccc3Cl)=C(C(=O)/C=C/c3ccccc3Cl)C(c3ccc(Cl)cc3)N12. The lowest BCUT2D eigenvalue weighted by atomic mass is 9.90. The summed E-state index contributed by atoms with van der Waals surface area (Å²) < 4.78 is 0. The normalized spacial score (nSPS) is 17.4. The Hall–Kier alpha value is -3.02. The highest BCUT2D eigenvalue weighted by Crippen LogP contribution is 2.44. The quantitative estimate of drug-likeness (QED) is 0.280. The van der Waals surface area contributed by atoms with E-state index < -0.39 is 0 Å². The maximum absolute atomic E-state index is 13.9. The number of ketones is 1. The minimum Gasteiger partial charge on any atom is -0.312 e. The molecule has 184 valence electrons. The van der Waals surface area contributed by atoms with Gasteiger partial charge in [0.25, 0.3) is 0 Å². The predicted octanol–water partition coefficient (Wildman–Crippen LogP) is 9.22. The molecule has 2 heterocycles. The number of fused-ring (bicyclic) bond motifs is 1. The summed E-state index contributed by atoms with van der Waals surface area (Å²) in [4.78, 5) is 20.9. The van der Waals surface area contributed by atoms with Crippen LogP contribution < -0.4 is 0 Å². The summed E-state index contributed by atoms with van der Waals surface area (Å²) >= 11 is 20.5. The van der Waals surface area contributed by atoms with E-state index >= 15 is 0 Å². The number of thioether (sulfide) groups is 1. The zero-order chi connectivity index (χ0) is 25.9. The standard InChI is InChI=1S/C30H21Cl3N2OS/c1-19-18-37-30-34-26(16-12-20-6-2-4-8-24(20)32)28(27(36)17-13-21-7-3-5-9-25(21)33)29(35(19)30)22-10-14-23(31)15-11-22/h2-18,29H,1H3/b16-12+,17-13+. The number of carbonyl (C=O) groups is 1. The smallest absolute Gasteiger partial charge is 0.186 e. The monoisotopic (exact) mass is 562 g/mol. The number of nitrogens with zero attached hydrogens (tertiary/aromatic N) is 2. The van der Waals surface area contributed by atoms with Crippen LogP contribution in [0.4, 0.5) is 0 Å². The average molecular weight is 564 g/mol. The van der Waals surface area contributed by atoms with Gasteiger partial charge in [0.1, 0.15) is 0 Å². The van der Waals surface area contributed by atoms with Gasteiger partial charge < -0.3 is 4.90 Å². The van der Waals surface area contributed by atoms with E-state index in [1.54, 1.807) is 18.2 Å². The molecule has 0 amide bonds. The number of carbonyl (C=O) groups excluding carboxylic acids is 1. The first-order valence-corrected chi connectivity index (χ1v) is 13.5. The summed E-state index contributed by atoms with van der Waals surface area (Å²) in [6.07, 6.45) is 7.05. The molecule has 3 aromatic rings. The van der Waals surface area contributed by atoms with Crippen molar-refractivity contribution in [1.29, 1.82) is 0 Å². The molecular weight excluding hydrogens is 543 g/mol. The summed E-state index contributed by atoms with van der Waals surface area (Å²) in [7, 11) is 0. The Balaban J connectivity index is 1.66. The van der Waals surface area contributed by atoms with Gasteiger partial charge in [-0.1, -0.05) is 101 Å². The highest BCUT2D eigenvalue weighted by Gasteiger charge is 2.38. The molecule has 37 heavy (non-hydrogen) atoms. The number of amidine groups is 1. The molecule has 3 nitrogen and oxygen atoms in total. The van der Waals surface area contributed by atoms with Crippen LogP contribution >= 0.6 is 46.6 Å². The Morgan fingerprint density at radius 1 is 0.865 bits per heavy atom. The van der Waals surface area contributed by atoms with E-state index in [9.17, 15) is 4.79 Å². The highest BCUT2D eigenvalue weighted by molar-refractivity contribution is 8.16. The maximum atomic E-state index is 13.9. The Bertz CT molecular complexity index is 1520. The second-order valence-corrected chi connectivity index (χ2v) is 10.6. The average Bonchev–Trinajstić information content (AvgIpc) is 3.27. The minimum atomic E-state index is -0.384. The Kier molecular flexibility index (Phi) is 7.73. The number of aliphatic imine (C=N–C) groups is 1. The largest absolute Gasteiger partial charge is 0.312 e. The van der Waals surface area contributed by atoms with Crippen molar-refractivity contribution in [2.24, 2.45) is 4.99 Å². The number of hydrogen-bond donors (Lipinski definition) is 0. The third-order valence-electron chi connectivity index (χ3n) is 6.04. The van der Waals surface area contributed by atoms with E-state index in [2.05, 4.69) is 4.90 Å². The number of halogens is 3. The van der Waals surface area contributed by atoms with Gasteiger partial charge in [-0.25, -0.2) is 4.99 Å². The van der Waals surface area contributed by atoms with Crippen LogP contribution in [0.1, 0.15) is 29.7 Å². The van der Waals surface area contributed by atoms with Crippen molar-refractivity contribution in [2.75, 3.05) is 0 Å². The molecule has 3 aromatic carbocycles. The molecule has 0 aromatic heterocycles. The van der Waals surface area contributed by atoms with Gasteiger partial charge in [0.15, 0.2) is 11.0 Å². The van der Waals surface area contributed by atoms with Crippen LogP contribution in [0.2, 0.25) is 15.1 Å². The van der Waals surface area contributed by atoms with Crippen molar-refractivity contribution in [3.05, 3.63) is 139 Å². The maximum Gasteiger partial charge on any atom is 0.186 e. The van der Waals surface area contributed by atoms with E-state index in [1.165, 1.54) is 11.8 Å². The second-order valence-electron chi connectivity index (χ2n) is 8.47. The fraction of sp³-hybridized carbons (Fsp3) is 0.0667. The summed E-state index contributed by atoms with van der Waals surface area (Å²) in [5.41, 5.74) is 4.68. The van der Waals surface area contributed by atoms with Crippen molar-refractivity contribution in [3.8, 4) is 0 Å². The van der Waals surface area contributed by atoms with Crippen LogP contribution in [0.25, 0.3) is 12.2 Å². The fourth-order valence-electron chi connectivity index (χ4n) is 4.22. The zero-order valence-electron chi connectivity index (χ0n) is 19.7. The number of benzene rings is 3. The van der Waals surface area contributed by atoms with Gasteiger partial charge in [0, 0.05) is 20.8 Å². The molecule has 1 unspecified atom stereocenters. The van der Waals surface area contributed by atoms with Crippen molar-refractivity contribution in [1.82, 2.24) is 4.90 Å². The van der Waals surface area contributed by atoms with Crippen molar-refractivity contribution >= 4 is 69.7 Å². The van der Waals surface area contributed by atoms with Gasteiger partial charge in [-0.05, 0) is 71.5 Å². The summed E-state index contributed by atoms with van der Waals surface area (Å²) in [6, 6.07) is 22.2. The van der Waals surface area contributed by atoms with E-state index in [-0.39, 0.29) is 11.8 Å². The first-order chi connectivity index (χ1) is 17.9. The third-order valence-corrected chi connectivity index (χ3v) is 7.94. The van der Waals surface area contributed by atoms with Crippen LogP contribution in [0, 0.1) is 0 Å². The molecule has 0 saturated carbocycles. The Morgan fingerprint density at radius 3 is 2.14 bits per heavy atom. The molecule has 0 radical (unpaired) electrons.